The lowest BCUT2D eigenvalue weighted by atomic mass is 10.2. The molecule has 90 valence electrons. The van der Waals surface area contributed by atoms with Crippen molar-refractivity contribution in [3.63, 3.8) is 0 Å². The third kappa shape index (κ3) is 3.41. The van der Waals surface area contributed by atoms with Crippen LogP contribution < -0.4 is 4.74 Å². The highest BCUT2D eigenvalue weighted by Crippen LogP contribution is 2.21. The summed E-state index contributed by atoms with van der Waals surface area (Å²) in [5.41, 5.74) is 0.0255. The quantitative estimate of drug-likeness (QED) is 0.946. The van der Waals surface area contributed by atoms with E-state index in [0.717, 1.165) is 15.4 Å². The summed E-state index contributed by atoms with van der Waals surface area (Å²) < 4.78 is 6.46. The Kier molecular flexibility index (Phi) is 3.35. The Morgan fingerprint density at radius 2 is 2.06 bits per heavy atom. The number of nitrogens with zero attached hydrogens (tertiary/aromatic N) is 1. The summed E-state index contributed by atoms with van der Waals surface area (Å²) in [6, 6.07) is 9.63. The number of ether oxygens (including phenoxy) is 1. The third-order valence-corrected chi connectivity index (χ3v) is 2.69. The molecule has 17 heavy (non-hydrogen) atoms. The molecule has 1 heterocycles. The monoisotopic (exact) mass is 295 g/mol. The summed E-state index contributed by atoms with van der Waals surface area (Å²) in [6.07, 6.45) is 0. The molecule has 0 aliphatic carbocycles. The molecule has 0 radical (unpaired) electrons. The number of benzene rings is 1. The Morgan fingerprint density at radius 3 is 2.76 bits per heavy atom. The zero-order valence-electron chi connectivity index (χ0n) is 9.77. The van der Waals surface area contributed by atoms with Crippen LogP contribution in [-0.4, -0.2) is 22.3 Å². The SMILES string of the molecule is CC(C)(O)COc1ccc2cc(Br)ccc2n1. The van der Waals surface area contributed by atoms with E-state index in [2.05, 4.69) is 20.9 Å². The number of aromatic nitrogens is 1. The van der Waals surface area contributed by atoms with Crippen LogP contribution in [0.2, 0.25) is 0 Å². The second-order valence-electron chi connectivity index (χ2n) is 4.59. The molecule has 4 heteroatoms. The molecule has 0 amide bonds. The Hall–Kier alpha value is -1.13. The average molecular weight is 296 g/mol. The van der Waals surface area contributed by atoms with Gasteiger partial charge in [0.2, 0.25) is 5.88 Å². The molecule has 3 nitrogen and oxygen atoms in total. The van der Waals surface area contributed by atoms with Crippen molar-refractivity contribution in [2.45, 2.75) is 19.4 Å². The van der Waals surface area contributed by atoms with Gasteiger partial charge in [0.1, 0.15) is 6.61 Å². The van der Waals surface area contributed by atoms with E-state index in [1.165, 1.54) is 0 Å². The maximum absolute atomic E-state index is 9.57. The molecule has 2 rings (SSSR count). The van der Waals surface area contributed by atoms with Crippen LogP contribution in [0.3, 0.4) is 0 Å². The van der Waals surface area contributed by atoms with Gasteiger partial charge in [0, 0.05) is 15.9 Å². The maximum atomic E-state index is 9.57. The minimum atomic E-state index is -0.851. The van der Waals surface area contributed by atoms with Gasteiger partial charge in [0.05, 0.1) is 11.1 Å². The zero-order valence-corrected chi connectivity index (χ0v) is 11.4. The van der Waals surface area contributed by atoms with Gasteiger partial charge in [-0.1, -0.05) is 15.9 Å². The zero-order chi connectivity index (χ0) is 12.5. The minimum absolute atomic E-state index is 0.224. The Labute approximate surface area is 109 Å². The molecule has 0 aliphatic heterocycles. The van der Waals surface area contributed by atoms with Crippen molar-refractivity contribution in [1.29, 1.82) is 0 Å². The first-order chi connectivity index (χ1) is 7.94. The van der Waals surface area contributed by atoms with Crippen LogP contribution in [0.1, 0.15) is 13.8 Å². The fourth-order valence-electron chi connectivity index (χ4n) is 1.41. The van der Waals surface area contributed by atoms with Crippen molar-refractivity contribution >= 4 is 26.8 Å². The van der Waals surface area contributed by atoms with Crippen molar-refractivity contribution < 1.29 is 9.84 Å². The van der Waals surface area contributed by atoms with Gasteiger partial charge in [0.25, 0.3) is 0 Å². The lowest BCUT2D eigenvalue weighted by molar-refractivity contribution is 0.0269. The summed E-state index contributed by atoms with van der Waals surface area (Å²) in [4.78, 5) is 4.37. The molecule has 0 saturated heterocycles. The summed E-state index contributed by atoms with van der Waals surface area (Å²) in [5.74, 6) is 0.530. The highest BCUT2D eigenvalue weighted by molar-refractivity contribution is 9.10. The summed E-state index contributed by atoms with van der Waals surface area (Å²) in [5, 5.41) is 10.6. The normalized spacial score (nSPS) is 11.8. The Balaban J connectivity index is 2.23. The maximum Gasteiger partial charge on any atom is 0.213 e. The molecular weight excluding hydrogens is 282 g/mol. The van der Waals surface area contributed by atoms with Crippen LogP contribution in [-0.2, 0) is 0 Å². The molecule has 2 aromatic rings. The number of halogens is 1. The molecule has 0 fully saturated rings. The molecule has 0 spiro atoms. The summed E-state index contributed by atoms with van der Waals surface area (Å²) in [6.45, 7) is 3.62. The molecule has 1 N–H and O–H groups in total. The fraction of sp³-hybridized carbons (Fsp3) is 0.308. The molecule has 0 unspecified atom stereocenters. The summed E-state index contributed by atoms with van der Waals surface area (Å²) >= 11 is 3.42. The van der Waals surface area contributed by atoms with Gasteiger partial charge in [0.15, 0.2) is 0 Å². The molecule has 0 saturated carbocycles. The van der Waals surface area contributed by atoms with Crippen LogP contribution in [0.25, 0.3) is 10.9 Å². The second kappa shape index (κ2) is 4.63. The molecule has 0 atom stereocenters. The first kappa shape index (κ1) is 12.3. The number of aliphatic hydroxyl groups is 1. The predicted octanol–water partition coefficient (Wildman–Crippen LogP) is 3.15. The number of rotatable bonds is 3. The van der Waals surface area contributed by atoms with Crippen LogP contribution in [0.4, 0.5) is 0 Å². The van der Waals surface area contributed by atoms with Crippen molar-refractivity contribution in [3.8, 4) is 5.88 Å². The van der Waals surface area contributed by atoms with Crippen LogP contribution in [0.5, 0.6) is 5.88 Å². The van der Waals surface area contributed by atoms with Crippen molar-refractivity contribution in [2.75, 3.05) is 6.61 Å². The Morgan fingerprint density at radius 1 is 1.29 bits per heavy atom. The van der Waals surface area contributed by atoms with Crippen molar-refractivity contribution in [1.82, 2.24) is 4.98 Å². The van der Waals surface area contributed by atoms with Crippen LogP contribution >= 0.6 is 15.9 Å². The first-order valence-electron chi connectivity index (χ1n) is 5.35. The van der Waals surface area contributed by atoms with E-state index < -0.39 is 5.60 Å². The molecular formula is C13H14BrNO2. The highest BCUT2D eigenvalue weighted by Gasteiger charge is 2.13. The van der Waals surface area contributed by atoms with E-state index in [4.69, 9.17) is 4.74 Å². The van der Waals surface area contributed by atoms with Gasteiger partial charge in [-0.25, -0.2) is 4.98 Å². The third-order valence-electron chi connectivity index (χ3n) is 2.20. The summed E-state index contributed by atoms with van der Waals surface area (Å²) in [7, 11) is 0. The van der Waals surface area contributed by atoms with Crippen LogP contribution in [0.15, 0.2) is 34.8 Å². The lowest BCUT2D eigenvalue weighted by Gasteiger charge is -2.17. The number of fused-ring (bicyclic) bond motifs is 1. The fourth-order valence-corrected chi connectivity index (χ4v) is 1.79. The number of hydrogen-bond acceptors (Lipinski definition) is 3. The van der Waals surface area contributed by atoms with Crippen LogP contribution in [0, 0.1) is 0 Å². The van der Waals surface area contributed by atoms with E-state index >= 15 is 0 Å². The molecule has 1 aromatic heterocycles. The standard InChI is InChI=1S/C13H14BrNO2/c1-13(2,16)8-17-12-6-3-9-7-10(14)4-5-11(9)15-12/h3-7,16H,8H2,1-2H3. The van der Waals surface area contributed by atoms with Crippen molar-refractivity contribution in [3.05, 3.63) is 34.8 Å². The lowest BCUT2D eigenvalue weighted by Crippen LogP contribution is -2.28. The van der Waals surface area contributed by atoms with Crippen molar-refractivity contribution in [2.24, 2.45) is 0 Å². The molecule has 0 bridgehead atoms. The topological polar surface area (TPSA) is 42.4 Å². The second-order valence-corrected chi connectivity index (χ2v) is 5.50. The first-order valence-corrected chi connectivity index (χ1v) is 6.15. The molecule has 1 aromatic carbocycles. The van der Waals surface area contributed by atoms with E-state index in [-0.39, 0.29) is 6.61 Å². The smallest absolute Gasteiger partial charge is 0.213 e. The van der Waals surface area contributed by atoms with Gasteiger partial charge < -0.3 is 9.84 Å². The number of hydrogen-bond donors (Lipinski definition) is 1. The van der Waals surface area contributed by atoms with E-state index in [0.29, 0.717) is 5.88 Å². The van der Waals surface area contributed by atoms with Gasteiger partial charge in [-0.15, -0.1) is 0 Å². The average Bonchev–Trinajstić information content (AvgIpc) is 2.25. The van der Waals surface area contributed by atoms with Gasteiger partial charge >= 0.3 is 0 Å². The minimum Gasteiger partial charge on any atom is -0.475 e. The highest BCUT2D eigenvalue weighted by atomic mass is 79.9. The van der Waals surface area contributed by atoms with Gasteiger partial charge in [-0.05, 0) is 38.1 Å². The number of pyridine rings is 1. The Bertz CT molecular complexity index is 534. The predicted molar refractivity (Wildman–Crippen MR) is 71.2 cm³/mol. The van der Waals surface area contributed by atoms with E-state index in [9.17, 15) is 5.11 Å². The van der Waals surface area contributed by atoms with Gasteiger partial charge in [-0.2, -0.15) is 0 Å². The largest absolute Gasteiger partial charge is 0.475 e. The van der Waals surface area contributed by atoms with Gasteiger partial charge in [-0.3, -0.25) is 0 Å². The van der Waals surface area contributed by atoms with E-state index in [1.54, 1.807) is 19.9 Å². The van der Waals surface area contributed by atoms with E-state index in [1.807, 2.05) is 24.3 Å². The molecule has 0 aliphatic rings.